The van der Waals surface area contributed by atoms with Gasteiger partial charge in [-0.3, -0.25) is 10.1 Å². The number of fused-ring (bicyclic) bond motifs is 1. The second-order valence-corrected chi connectivity index (χ2v) is 9.34. The second kappa shape index (κ2) is 6.82. The highest BCUT2D eigenvalue weighted by molar-refractivity contribution is 7.91. The van der Waals surface area contributed by atoms with Crippen molar-refractivity contribution in [2.75, 3.05) is 18.4 Å². The molecule has 2 aromatic heterocycles. The number of sulfonamides is 1. The van der Waals surface area contributed by atoms with Crippen molar-refractivity contribution in [1.29, 1.82) is 0 Å². The van der Waals surface area contributed by atoms with Crippen LogP contribution in [0.3, 0.4) is 0 Å². The van der Waals surface area contributed by atoms with Crippen LogP contribution in [0.15, 0.2) is 46.0 Å². The Morgan fingerprint density at radius 2 is 2.12 bits per heavy atom. The van der Waals surface area contributed by atoms with E-state index in [9.17, 15) is 13.2 Å². The Morgan fingerprint density at radius 3 is 2.88 bits per heavy atom. The minimum atomic E-state index is -3.53. The number of piperidine rings is 1. The Kier molecular flexibility index (Phi) is 4.51. The average Bonchev–Trinajstić information content (AvgIpc) is 3.31. The minimum Gasteiger partial charge on any atom is -0.324 e. The van der Waals surface area contributed by atoms with Gasteiger partial charge in [0.2, 0.25) is 11.9 Å². The van der Waals surface area contributed by atoms with Gasteiger partial charge in [-0.05, 0) is 36.4 Å². The van der Waals surface area contributed by atoms with E-state index in [0.717, 1.165) is 11.0 Å². The lowest BCUT2D eigenvalue weighted by atomic mass is 9.99. The number of imidazole rings is 1. The monoisotopic (exact) mass is 390 g/mol. The fourth-order valence-electron chi connectivity index (χ4n) is 3.14. The third kappa shape index (κ3) is 3.25. The molecule has 0 saturated carbocycles. The number of carbonyl (C=O) groups excluding carboxylic acids is 1. The maximum absolute atomic E-state index is 12.7. The summed E-state index contributed by atoms with van der Waals surface area (Å²) in [6, 6.07) is 10.8. The molecule has 1 aliphatic heterocycles. The largest absolute Gasteiger partial charge is 0.324 e. The van der Waals surface area contributed by atoms with Crippen LogP contribution in [0.2, 0.25) is 0 Å². The van der Waals surface area contributed by atoms with Gasteiger partial charge in [-0.2, -0.15) is 4.31 Å². The van der Waals surface area contributed by atoms with Crippen molar-refractivity contribution in [3.63, 3.8) is 0 Å². The topological polar surface area (TPSA) is 95.2 Å². The number of para-hydroxylation sites is 2. The maximum atomic E-state index is 12.7. The molecule has 3 heterocycles. The van der Waals surface area contributed by atoms with Crippen LogP contribution in [0.5, 0.6) is 0 Å². The van der Waals surface area contributed by atoms with Crippen molar-refractivity contribution in [3.05, 3.63) is 41.8 Å². The number of benzene rings is 1. The molecule has 1 fully saturated rings. The molecule has 1 aliphatic rings. The summed E-state index contributed by atoms with van der Waals surface area (Å²) in [7, 11) is -3.53. The van der Waals surface area contributed by atoms with Gasteiger partial charge < -0.3 is 4.98 Å². The number of hydrogen-bond acceptors (Lipinski definition) is 5. The molecule has 0 spiro atoms. The zero-order valence-electron chi connectivity index (χ0n) is 13.9. The Labute approximate surface area is 155 Å². The predicted octanol–water partition coefficient (Wildman–Crippen LogP) is 2.66. The van der Waals surface area contributed by atoms with Crippen molar-refractivity contribution in [3.8, 4) is 0 Å². The fraction of sp³-hybridized carbons (Fsp3) is 0.294. The van der Waals surface area contributed by atoms with Crippen LogP contribution < -0.4 is 5.32 Å². The highest BCUT2D eigenvalue weighted by atomic mass is 32.2. The maximum Gasteiger partial charge on any atom is 0.252 e. The van der Waals surface area contributed by atoms with Crippen molar-refractivity contribution < 1.29 is 13.2 Å². The summed E-state index contributed by atoms with van der Waals surface area (Å²) in [5.74, 6) is -0.226. The Hall–Kier alpha value is -2.23. The van der Waals surface area contributed by atoms with Gasteiger partial charge >= 0.3 is 0 Å². The van der Waals surface area contributed by atoms with Crippen LogP contribution in [-0.2, 0) is 14.8 Å². The number of H-pyrrole nitrogens is 1. The summed E-state index contributed by atoms with van der Waals surface area (Å²) in [6.07, 6.45) is 1.31. The molecule has 0 bridgehead atoms. The van der Waals surface area contributed by atoms with Gasteiger partial charge in [0.1, 0.15) is 4.21 Å². The first-order chi connectivity index (χ1) is 12.5. The van der Waals surface area contributed by atoms with E-state index in [4.69, 9.17) is 0 Å². The molecule has 9 heteroatoms. The molecule has 0 aliphatic carbocycles. The van der Waals surface area contributed by atoms with E-state index in [1.807, 2.05) is 24.3 Å². The van der Waals surface area contributed by atoms with Crippen LogP contribution in [0.1, 0.15) is 12.8 Å². The number of carbonyl (C=O) groups is 1. The molecular weight excluding hydrogens is 372 g/mol. The highest BCUT2D eigenvalue weighted by Gasteiger charge is 2.34. The normalized spacial score (nSPS) is 18.8. The minimum absolute atomic E-state index is 0.187. The SMILES string of the molecule is O=C(Nc1nc2ccccc2[nH]1)C1CCCN(S(=O)(=O)c2cccs2)C1. The first kappa shape index (κ1) is 17.2. The van der Waals surface area contributed by atoms with Gasteiger partial charge in [-0.25, -0.2) is 13.4 Å². The van der Waals surface area contributed by atoms with Crippen molar-refractivity contribution in [2.45, 2.75) is 17.1 Å². The lowest BCUT2D eigenvalue weighted by Gasteiger charge is -2.30. The van der Waals surface area contributed by atoms with E-state index in [0.29, 0.717) is 29.5 Å². The summed E-state index contributed by atoms with van der Waals surface area (Å²) >= 11 is 1.19. The summed E-state index contributed by atoms with van der Waals surface area (Å²) in [6.45, 7) is 0.626. The molecule has 7 nitrogen and oxygen atoms in total. The molecule has 2 N–H and O–H groups in total. The number of hydrogen-bond donors (Lipinski definition) is 2. The van der Waals surface area contributed by atoms with Gasteiger partial charge in [0.15, 0.2) is 0 Å². The quantitative estimate of drug-likeness (QED) is 0.716. The number of thiophene rings is 1. The van der Waals surface area contributed by atoms with Gasteiger partial charge in [0.25, 0.3) is 10.0 Å². The first-order valence-electron chi connectivity index (χ1n) is 8.33. The van der Waals surface area contributed by atoms with E-state index in [1.54, 1.807) is 17.5 Å². The molecule has 0 radical (unpaired) electrons. The van der Waals surface area contributed by atoms with E-state index in [1.165, 1.54) is 15.6 Å². The van der Waals surface area contributed by atoms with Crippen LogP contribution in [-0.4, -0.2) is 41.7 Å². The summed E-state index contributed by atoms with van der Waals surface area (Å²) < 4.78 is 27.1. The Balaban J connectivity index is 1.48. The van der Waals surface area contributed by atoms with Gasteiger partial charge in [0, 0.05) is 13.1 Å². The van der Waals surface area contributed by atoms with Gasteiger partial charge in [0.05, 0.1) is 17.0 Å². The molecular formula is C17H18N4O3S2. The van der Waals surface area contributed by atoms with E-state index < -0.39 is 15.9 Å². The number of anilines is 1. The van der Waals surface area contributed by atoms with Crippen molar-refractivity contribution >= 4 is 44.2 Å². The van der Waals surface area contributed by atoms with Crippen molar-refractivity contribution in [2.24, 2.45) is 5.92 Å². The highest BCUT2D eigenvalue weighted by Crippen LogP contribution is 2.27. The number of nitrogens with one attached hydrogen (secondary N) is 2. The van der Waals surface area contributed by atoms with Gasteiger partial charge in [-0.1, -0.05) is 18.2 Å². The molecule has 1 aromatic carbocycles. The Morgan fingerprint density at radius 1 is 1.27 bits per heavy atom. The number of rotatable bonds is 4. The van der Waals surface area contributed by atoms with E-state index in [-0.39, 0.29) is 12.5 Å². The third-order valence-corrected chi connectivity index (χ3v) is 7.71. The smallest absolute Gasteiger partial charge is 0.252 e. The molecule has 26 heavy (non-hydrogen) atoms. The molecule has 1 unspecified atom stereocenters. The predicted molar refractivity (Wildman–Crippen MR) is 101 cm³/mol. The van der Waals surface area contributed by atoms with Crippen LogP contribution in [0, 0.1) is 5.92 Å². The van der Waals surface area contributed by atoms with Crippen LogP contribution in [0.4, 0.5) is 5.95 Å². The molecule has 3 aromatic rings. The first-order valence-corrected chi connectivity index (χ1v) is 10.7. The molecule has 136 valence electrons. The van der Waals surface area contributed by atoms with Crippen LogP contribution in [0.25, 0.3) is 11.0 Å². The number of aromatic amines is 1. The van der Waals surface area contributed by atoms with Crippen LogP contribution >= 0.6 is 11.3 Å². The molecule has 1 amide bonds. The lowest BCUT2D eigenvalue weighted by Crippen LogP contribution is -2.43. The van der Waals surface area contributed by atoms with E-state index >= 15 is 0 Å². The standard InChI is InChI=1S/C17H18N4O3S2/c22-16(20-17-18-13-6-1-2-7-14(13)19-17)12-5-3-9-21(11-12)26(23,24)15-8-4-10-25-15/h1-2,4,6-8,10,12H,3,5,9,11H2,(H2,18,19,20,22). The second-order valence-electron chi connectivity index (χ2n) is 6.23. The number of aromatic nitrogens is 2. The average molecular weight is 390 g/mol. The number of nitrogens with zero attached hydrogens (tertiary/aromatic N) is 2. The van der Waals surface area contributed by atoms with Gasteiger partial charge in [-0.15, -0.1) is 11.3 Å². The zero-order chi connectivity index (χ0) is 18.1. The molecule has 1 atom stereocenters. The van der Waals surface area contributed by atoms with Crippen molar-refractivity contribution in [1.82, 2.24) is 14.3 Å². The molecule has 1 saturated heterocycles. The zero-order valence-corrected chi connectivity index (χ0v) is 15.5. The summed E-state index contributed by atoms with van der Waals surface area (Å²) in [4.78, 5) is 20.0. The lowest BCUT2D eigenvalue weighted by molar-refractivity contribution is -0.120. The Bertz CT molecular complexity index is 994. The number of amides is 1. The molecule has 4 rings (SSSR count). The summed E-state index contributed by atoms with van der Waals surface area (Å²) in [5, 5.41) is 4.52. The fourth-order valence-corrected chi connectivity index (χ4v) is 5.81. The third-order valence-electron chi connectivity index (χ3n) is 4.48. The van der Waals surface area contributed by atoms with E-state index in [2.05, 4.69) is 15.3 Å². The summed E-state index contributed by atoms with van der Waals surface area (Å²) in [5.41, 5.74) is 1.61.